The molecular weight excluding hydrogens is 331 g/mol. The summed E-state index contributed by atoms with van der Waals surface area (Å²) in [7, 11) is -3.56. The van der Waals surface area contributed by atoms with Crippen LogP contribution in [0.15, 0.2) is 17.0 Å². The van der Waals surface area contributed by atoms with Crippen molar-refractivity contribution in [2.75, 3.05) is 13.1 Å². The highest BCUT2D eigenvalue weighted by Gasteiger charge is 2.30. The molecule has 1 heterocycles. The first kappa shape index (κ1) is 17.0. The van der Waals surface area contributed by atoms with Crippen molar-refractivity contribution >= 4 is 33.2 Å². The molecule has 1 fully saturated rings. The van der Waals surface area contributed by atoms with Gasteiger partial charge in [-0.3, -0.25) is 0 Å². The average Bonchev–Trinajstić information content (AvgIpc) is 2.93. The van der Waals surface area contributed by atoms with Gasteiger partial charge >= 0.3 is 0 Å². The van der Waals surface area contributed by atoms with Gasteiger partial charge in [0.05, 0.1) is 5.02 Å². The Morgan fingerprint density at radius 2 is 1.86 bits per heavy atom. The minimum atomic E-state index is -3.56. The van der Waals surface area contributed by atoms with E-state index in [4.69, 9.17) is 23.2 Å². The Morgan fingerprint density at radius 1 is 1.24 bits per heavy atom. The highest BCUT2D eigenvalue weighted by molar-refractivity contribution is 7.89. The van der Waals surface area contributed by atoms with Crippen molar-refractivity contribution in [1.82, 2.24) is 9.62 Å². The van der Waals surface area contributed by atoms with E-state index in [2.05, 4.69) is 5.32 Å². The predicted molar refractivity (Wildman–Crippen MR) is 86.4 cm³/mol. The molecule has 0 radical (unpaired) electrons. The predicted octanol–water partition coefficient (Wildman–Crippen LogP) is 3.28. The minimum Gasteiger partial charge on any atom is -0.310 e. The van der Waals surface area contributed by atoms with Gasteiger partial charge in [-0.1, -0.05) is 37.0 Å². The number of hydrogen-bond donors (Lipinski definition) is 1. The van der Waals surface area contributed by atoms with Crippen molar-refractivity contribution in [3.05, 3.63) is 27.7 Å². The monoisotopic (exact) mass is 350 g/mol. The maximum atomic E-state index is 12.7. The van der Waals surface area contributed by atoms with Crippen LogP contribution in [0, 0.1) is 0 Å². The second-order valence-corrected chi connectivity index (χ2v) is 8.24. The smallest absolute Gasteiger partial charge is 0.244 e. The van der Waals surface area contributed by atoms with Crippen LogP contribution in [0.3, 0.4) is 0 Å². The molecule has 0 saturated carbocycles. The fraction of sp³-hybridized carbons (Fsp3) is 0.571. The lowest BCUT2D eigenvalue weighted by Crippen LogP contribution is -2.28. The summed E-state index contributed by atoms with van der Waals surface area (Å²) in [6.07, 6.45) is 1.78. The van der Waals surface area contributed by atoms with Crippen molar-refractivity contribution in [2.45, 2.75) is 44.2 Å². The van der Waals surface area contributed by atoms with Crippen LogP contribution in [-0.2, 0) is 16.6 Å². The van der Waals surface area contributed by atoms with E-state index in [1.807, 2.05) is 13.8 Å². The van der Waals surface area contributed by atoms with E-state index in [1.54, 1.807) is 6.07 Å². The first-order valence-electron chi connectivity index (χ1n) is 7.04. The first-order chi connectivity index (χ1) is 9.82. The number of benzene rings is 1. The SMILES string of the molecule is CC(C)NCc1cc(Cl)cc(S(=O)(=O)N2CCCC2)c1Cl. The zero-order chi connectivity index (χ0) is 15.6. The molecule has 7 heteroatoms. The van der Waals surface area contributed by atoms with Crippen molar-refractivity contribution in [2.24, 2.45) is 0 Å². The third-order valence-electron chi connectivity index (χ3n) is 3.46. The van der Waals surface area contributed by atoms with Gasteiger partial charge in [-0.15, -0.1) is 0 Å². The maximum absolute atomic E-state index is 12.7. The van der Waals surface area contributed by atoms with E-state index in [1.165, 1.54) is 10.4 Å². The van der Waals surface area contributed by atoms with Crippen LogP contribution in [0.5, 0.6) is 0 Å². The Labute approximate surface area is 136 Å². The lowest BCUT2D eigenvalue weighted by Gasteiger charge is -2.18. The summed E-state index contributed by atoms with van der Waals surface area (Å²) in [4.78, 5) is 0.110. The summed E-state index contributed by atoms with van der Waals surface area (Å²) in [6.45, 7) is 5.61. The van der Waals surface area contributed by atoms with Crippen LogP contribution in [0.4, 0.5) is 0 Å². The molecule has 0 aromatic heterocycles. The van der Waals surface area contributed by atoms with Crippen LogP contribution in [0.1, 0.15) is 32.3 Å². The summed E-state index contributed by atoms with van der Waals surface area (Å²) >= 11 is 12.4. The van der Waals surface area contributed by atoms with Gasteiger partial charge in [0.1, 0.15) is 4.90 Å². The molecule has 0 atom stereocenters. The van der Waals surface area contributed by atoms with Crippen LogP contribution in [0.2, 0.25) is 10.0 Å². The molecule has 21 heavy (non-hydrogen) atoms. The number of halogens is 2. The third-order valence-corrected chi connectivity index (χ3v) is 6.16. The van der Waals surface area contributed by atoms with Crippen molar-refractivity contribution in [1.29, 1.82) is 0 Å². The molecule has 0 bridgehead atoms. The van der Waals surface area contributed by atoms with Gasteiger partial charge in [-0.05, 0) is 30.5 Å². The first-order valence-corrected chi connectivity index (χ1v) is 9.23. The molecule has 1 aliphatic rings. The normalized spacial score (nSPS) is 16.8. The van der Waals surface area contributed by atoms with Crippen LogP contribution < -0.4 is 5.32 Å². The average molecular weight is 351 g/mol. The molecule has 1 aromatic rings. The quantitative estimate of drug-likeness (QED) is 0.886. The zero-order valence-corrected chi connectivity index (χ0v) is 14.5. The number of rotatable bonds is 5. The Hall–Kier alpha value is -0.330. The highest BCUT2D eigenvalue weighted by Crippen LogP contribution is 2.32. The van der Waals surface area contributed by atoms with Gasteiger partial charge in [0.25, 0.3) is 0 Å². The molecule has 1 saturated heterocycles. The number of sulfonamides is 1. The Bertz CT molecular complexity index is 612. The second kappa shape index (κ2) is 6.84. The molecular formula is C14H20Cl2N2O2S. The molecule has 1 N–H and O–H groups in total. The second-order valence-electron chi connectivity index (χ2n) is 5.52. The fourth-order valence-corrected chi connectivity index (χ4v) is 4.74. The third kappa shape index (κ3) is 3.90. The fourth-order valence-electron chi connectivity index (χ4n) is 2.32. The van der Waals surface area contributed by atoms with Gasteiger partial charge in [0.15, 0.2) is 0 Å². The molecule has 0 spiro atoms. The van der Waals surface area contributed by atoms with Gasteiger partial charge in [0.2, 0.25) is 10.0 Å². The van der Waals surface area contributed by atoms with E-state index in [9.17, 15) is 8.42 Å². The lowest BCUT2D eigenvalue weighted by molar-refractivity contribution is 0.477. The summed E-state index contributed by atoms with van der Waals surface area (Å²) in [6, 6.07) is 3.43. The largest absolute Gasteiger partial charge is 0.310 e. The van der Waals surface area contributed by atoms with Gasteiger partial charge in [0, 0.05) is 30.7 Å². The topological polar surface area (TPSA) is 49.4 Å². The molecule has 0 aliphatic carbocycles. The molecule has 2 rings (SSSR count). The zero-order valence-electron chi connectivity index (χ0n) is 12.2. The number of nitrogens with zero attached hydrogens (tertiary/aromatic N) is 1. The van der Waals surface area contributed by atoms with Gasteiger partial charge < -0.3 is 5.32 Å². The number of nitrogens with one attached hydrogen (secondary N) is 1. The van der Waals surface area contributed by atoms with Crippen LogP contribution in [0.25, 0.3) is 0 Å². The van der Waals surface area contributed by atoms with Gasteiger partial charge in [-0.2, -0.15) is 4.31 Å². The minimum absolute atomic E-state index is 0.110. The van der Waals surface area contributed by atoms with E-state index in [0.29, 0.717) is 30.2 Å². The summed E-state index contributed by atoms with van der Waals surface area (Å²) in [5, 5.41) is 3.88. The van der Waals surface area contributed by atoms with Crippen molar-refractivity contribution in [3.63, 3.8) is 0 Å². The maximum Gasteiger partial charge on any atom is 0.244 e. The van der Waals surface area contributed by atoms with E-state index >= 15 is 0 Å². The lowest BCUT2D eigenvalue weighted by atomic mass is 10.2. The van der Waals surface area contributed by atoms with Crippen molar-refractivity contribution in [3.8, 4) is 0 Å². The molecule has 0 unspecified atom stereocenters. The summed E-state index contributed by atoms with van der Waals surface area (Å²) < 4.78 is 26.8. The molecule has 4 nitrogen and oxygen atoms in total. The van der Waals surface area contributed by atoms with Crippen LogP contribution in [-0.4, -0.2) is 31.9 Å². The Balaban J connectivity index is 2.39. The molecule has 118 valence electrons. The van der Waals surface area contributed by atoms with Crippen molar-refractivity contribution < 1.29 is 8.42 Å². The Morgan fingerprint density at radius 3 is 2.43 bits per heavy atom. The summed E-state index contributed by atoms with van der Waals surface area (Å²) in [5.74, 6) is 0. The van der Waals surface area contributed by atoms with E-state index < -0.39 is 10.0 Å². The van der Waals surface area contributed by atoms with E-state index in [0.717, 1.165) is 12.8 Å². The standard InChI is InChI=1S/C14H20Cl2N2O2S/c1-10(2)17-9-11-7-12(15)8-13(14(11)16)21(19,20)18-5-3-4-6-18/h7-8,10,17H,3-6,9H2,1-2H3. The molecule has 0 amide bonds. The molecule has 1 aliphatic heterocycles. The van der Waals surface area contributed by atoms with E-state index in [-0.39, 0.29) is 16.0 Å². The number of hydrogen-bond acceptors (Lipinski definition) is 3. The molecule has 1 aromatic carbocycles. The van der Waals surface area contributed by atoms with Crippen LogP contribution >= 0.6 is 23.2 Å². The Kier molecular flexibility index (Phi) is 5.54. The summed E-state index contributed by atoms with van der Waals surface area (Å²) in [5.41, 5.74) is 0.704. The van der Waals surface area contributed by atoms with Gasteiger partial charge in [-0.25, -0.2) is 8.42 Å². The highest BCUT2D eigenvalue weighted by atomic mass is 35.5.